The normalized spacial score (nSPS) is 29.6. The van der Waals surface area contributed by atoms with Crippen LogP contribution in [-0.4, -0.2) is 43.3 Å². The summed E-state index contributed by atoms with van der Waals surface area (Å²) in [6, 6.07) is 0.547. The number of hydrogen-bond acceptors (Lipinski definition) is 2. The van der Waals surface area contributed by atoms with E-state index in [0.717, 1.165) is 44.7 Å². The minimum Gasteiger partial charge on any atom is -0.381 e. The zero-order valence-electron chi connectivity index (χ0n) is 14.6. The molecule has 1 saturated heterocycles. The maximum absolute atomic E-state index is 12.6. The van der Waals surface area contributed by atoms with Gasteiger partial charge >= 0.3 is 6.03 Å². The number of likely N-dealkylation sites (tertiary alicyclic amines) is 1. The number of nitrogens with one attached hydrogen (secondary N) is 1. The predicted octanol–water partition coefficient (Wildman–Crippen LogP) is 3.80. The molecule has 1 aliphatic heterocycles. The SMILES string of the molecule is COC1CCCN(C(=O)NC2CCCC2CCC(C)C)CC1. The molecule has 1 aliphatic carbocycles. The maximum atomic E-state index is 12.6. The van der Waals surface area contributed by atoms with Crippen LogP contribution in [0.3, 0.4) is 0 Å². The Kier molecular flexibility index (Phi) is 7.00. The summed E-state index contributed by atoms with van der Waals surface area (Å²) in [5, 5.41) is 3.33. The third-order valence-corrected chi connectivity index (χ3v) is 5.38. The fraction of sp³-hybridized carbons (Fsp3) is 0.944. The quantitative estimate of drug-likeness (QED) is 0.839. The second-order valence-electron chi connectivity index (χ2n) is 7.49. The molecule has 2 rings (SSSR count). The van der Waals surface area contributed by atoms with Gasteiger partial charge in [0.15, 0.2) is 0 Å². The lowest BCUT2D eigenvalue weighted by Crippen LogP contribution is -2.46. The number of hydrogen-bond donors (Lipinski definition) is 1. The van der Waals surface area contributed by atoms with E-state index in [4.69, 9.17) is 4.74 Å². The molecular formula is C18H34N2O2. The van der Waals surface area contributed by atoms with Crippen molar-refractivity contribution in [3.05, 3.63) is 0 Å². The standard InChI is InChI=1S/C18H34N2O2/c1-14(2)9-10-15-6-4-8-17(15)19-18(21)20-12-5-7-16(22-3)11-13-20/h14-17H,4-13H2,1-3H3,(H,19,21). The summed E-state index contributed by atoms with van der Waals surface area (Å²) in [7, 11) is 1.78. The topological polar surface area (TPSA) is 41.6 Å². The molecule has 1 saturated carbocycles. The summed E-state index contributed by atoms with van der Waals surface area (Å²) in [6.45, 7) is 6.26. The number of nitrogens with zero attached hydrogens (tertiary/aromatic N) is 1. The highest BCUT2D eigenvalue weighted by atomic mass is 16.5. The van der Waals surface area contributed by atoms with Gasteiger partial charge in [0.2, 0.25) is 0 Å². The van der Waals surface area contributed by atoms with Crippen LogP contribution < -0.4 is 5.32 Å². The minimum absolute atomic E-state index is 0.151. The van der Waals surface area contributed by atoms with E-state index in [2.05, 4.69) is 19.2 Å². The van der Waals surface area contributed by atoms with Crippen LogP contribution in [0.1, 0.15) is 65.2 Å². The summed E-state index contributed by atoms with van der Waals surface area (Å²) < 4.78 is 5.45. The van der Waals surface area contributed by atoms with Crippen LogP contribution in [-0.2, 0) is 4.74 Å². The van der Waals surface area contributed by atoms with Crippen molar-refractivity contribution in [3.8, 4) is 0 Å². The molecular weight excluding hydrogens is 276 g/mol. The second kappa shape index (κ2) is 8.76. The Morgan fingerprint density at radius 3 is 2.73 bits per heavy atom. The molecule has 0 spiro atoms. The highest BCUT2D eigenvalue weighted by Gasteiger charge is 2.30. The molecule has 2 fully saturated rings. The molecule has 128 valence electrons. The Morgan fingerprint density at radius 1 is 1.18 bits per heavy atom. The summed E-state index contributed by atoms with van der Waals surface area (Å²) in [5.74, 6) is 1.44. The Hall–Kier alpha value is -0.770. The monoisotopic (exact) mass is 310 g/mol. The van der Waals surface area contributed by atoms with Gasteiger partial charge in [-0.1, -0.05) is 26.7 Å². The molecule has 0 aromatic rings. The second-order valence-corrected chi connectivity index (χ2v) is 7.49. The zero-order valence-corrected chi connectivity index (χ0v) is 14.6. The van der Waals surface area contributed by atoms with E-state index in [1.54, 1.807) is 7.11 Å². The highest BCUT2D eigenvalue weighted by molar-refractivity contribution is 5.74. The van der Waals surface area contributed by atoms with Crippen LogP contribution >= 0.6 is 0 Å². The van der Waals surface area contributed by atoms with Gasteiger partial charge in [-0.3, -0.25) is 0 Å². The summed E-state index contributed by atoms with van der Waals surface area (Å²) in [4.78, 5) is 14.6. The van der Waals surface area contributed by atoms with E-state index < -0.39 is 0 Å². The van der Waals surface area contributed by atoms with Crippen LogP contribution in [0, 0.1) is 11.8 Å². The number of amides is 2. The van der Waals surface area contributed by atoms with Crippen LogP contribution in [0.5, 0.6) is 0 Å². The lowest BCUT2D eigenvalue weighted by atomic mass is 9.94. The lowest BCUT2D eigenvalue weighted by Gasteiger charge is -2.27. The van der Waals surface area contributed by atoms with Crippen molar-refractivity contribution in [2.24, 2.45) is 11.8 Å². The molecule has 2 aliphatic rings. The average molecular weight is 310 g/mol. The molecule has 3 atom stereocenters. The third kappa shape index (κ3) is 5.15. The summed E-state index contributed by atoms with van der Waals surface area (Å²) >= 11 is 0. The summed E-state index contributed by atoms with van der Waals surface area (Å²) in [6.07, 6.45) is 9.64. The van der Waals surface area contributed by atoms with Crippen molar-refractivity contribution < 1.29 is 9.53 Å². The summed E-state index contributed by atoms with van der Waals surface area (Å²) in [5.41, 5.74) is 0. The van der Waals surface area contributed by atoms with Gasteiger partial charge in [0.1, 0.15) is 0 Å². The van der Waals surface area contributed by atoms with E-state index >= 15 is 0 Å². The first-order valence-corrected chi connectivity index (χ1v) is 9.18. The number of carbonyl (C=O) groups is 1. The number of carbonyl (C=O) groups excluding carboxylic acids is 1. The molecule has 0 bridgehead atoms. The molecule has 3 unspecified atom stereocenters. The van der Waals surface area contributed by atoms with E-state index in [9.17, 15) is 4.79 Å². The molecule has 4 heteroatoms. The Morgan fingerprint density at radius 2 is 2.00 bits per heavy atom. The third-order valence-electron chi connectivity index (χ3n) is 5.38. The Labute approximate surface area is 136 Å². The maximum Gasteiger partial charge on any atom is 0.317 e. The molecule has 0 aromatic carbocycles. The predicted molar refractivity (Wildman–Crippen MR) is 90.0 cm³/mol. The van der Waals surface area contributed by atoms with Crippen LogP contribution in [0.2, 0.25) is 0 Å². The van der Waals surface area contributed by atoms with Gasteiger partial charge in [-0.25, -0.2) is 4.79 Å². The lowest BCUT2D eigenvalue weighted by molar-refractivity contribution is 0.0905. The van der Waals surface area contributed by atoms with Crippen LogP contribution in [0.15, 0.2) is 0 Å². The Bertz CT molecular complexity index is 346. The van der Waals surface area contributed by atoms with Crippen molar-refractivity contribution >= 4 is 6.03 Å². The first-order valence-electron chi connectivity index (χ1n) is 9.18. The van der Waals surface area contributed by atoms with Gasteiger partial charge in [-0.05, 0) is 50.4 Å². The largest absolute Gasteiger partial charge is 0.381 e. The van der Waals surface area contributed by atoms with Crippen molar-refractivity contribution in [1.82, 2.24) is 10.2 Å². The molecule has 0 radical (unpaired) electrons. The van der Waals surface area contributed by atoms with Crippen molar-refractivity contribution in [2.75, 3.05) is 20.2 Å². The number of urea groups is 1. The fourth-order valence-electron chi connectivity index (χ4n) is 3.87. The number of methoxy groups -OCH3 is 1. The van der Waals surface area contributed by atoms with Crippen molar-refractivity contribution in [2.45, 2.75) is 77.4 Å². The van der Waals surface area contributed by atoms with E-state index in [1.165, 1.54) is 25.7 Å². The number of rotatable bonds is 5. The van der Waals surface area contributed by atoms with Gasteiger partial charge in [-0.15, -0.1) is 0 Å². The number of ether oxygens (including phenoxy) is 1. The minimum atomic E-state index is 0.151. The molecule has 22 heavy (non-hydrogen) atoms. The molecule has 2 amide bonds. The highest BCUT2D eigenvalue weighted by Crippen LogP contribution is 2.30. The van der Waals surface area contributed by atoms with Crippen molar-refractivity contribution in [1.29, 1.82) is 0 Å². The van der Waals surface area contributed by atoms with Gasteiger partial charge in [-0.2, -0.15) is 0 Å². The van der Waals surface area contributed by atoms with Crippen LogP contribution in [0.25, 0.3) is 0 Å². The molecule has 1 N–H and O–H groups in total. The molecule has 4 nitrogen and oxygen atoms in total. The van der Waals surface area contributed by atoms with E-state index in [-0.39, 0.29) is 6.03 Å². The van der Waals surface area contributed by atoms with Gasteiger partial charge in [0.05, 0.1) is 6.10 Å². The zero-order chi connectivity index (χ0) is 15.9. The average Bonchev–Trinajstić information content (AvgIpc) is 2.79. The fourth-order valence-corrected chi connectivity index (χ4v) is 3.87. The van der Waals surface area contributed by atoms with Crippen LogP contribution in [0.4, 0.5) is 4.79 Å². The van der Waals surface area contributed by atoms with E-state index in [1.807, 2.05) is 4.90 Å². The Balaban J connectivity index is 1.80. The smallest absolute Gasteiger partial charge is 0.317 e. The van der Waals surface area contributed by atoms with Gasteiger partial charge < -0.3 is 15.0 Å². The van der Waals surface area contributed by atoms with Gasteiger partial charge in [0, 0.05) is 26.2 Å². The van der Waals surface area contributed by atoms with Gasteiger partial charge in [0.25, 0.3) is 0 Å². The first kappa shape index (κ1) is 17.6. The molecule has 1 heterocycles. The first-order chi connectivity index (χ1) is 10.6. The van der Waals surface area contributed by atoms with E-state index in [0.29, 0.717) is 18.1 Å². The van der Waals surface area contributed by atoms with Crippen molar-refractivity contribution in [3.63, 3.8) is 0 Å². The molecule has 0 aromatic heterocycles.